The van der Waals surface area contributed by atoms with Crippen LogP contribution in [0.3, 0.4) is 0 Å². The third-order valence-corrected chi connectivity index (χ3v) is 1.89. The second-order valence-electron chi connectivity index (χ2n) is 3.02. The topological polar surface area (TPSA) is 32.7 Å². The molecule has 0 aliphatic rings. The number of ketones is 1. The predicted molar refractivity (Wildman–Crippen MR) is 60.4 cm³/mol. The number of nitrogens with zero attached hydrogens (tertiary/aromatic N) is 2. The fraction of sp³-hybridized carbons (Fsp3) is 0.455. The Balaban J connectivity index is 4.11. The molecule has 0 rings (SSSR count). The average Bonchev–Trinajstić information content (AvgIpc) is 2.15. The van der Waals surface area contributed by atoms with Gasteiger partial charge in [0.25, 0.3) is 0 Å². The Bertz CT molecular complexity index is 244. The number of likely N-dealkylation sites (N-methyl/N-ethyl adjacent to an activating group) is 1. The van der Waals surface area contributed by atoms with Gasteiger partial charge in [0.1, 0.15) is 5.78 Å². The van der Waals surface area contributed by atoms with E-state index in [0.717, 1.165) is 12.2 Å². The van der Waals surface area contributed by atoms with Crippen LogP contribution < -0.4 is 0 Å². The molecule has 78 valence electrons. The van der Waals surface area contributed by atoms with Crippen LogP contribution in [0.1, 0.15) is 20.3 Å². The van der Waals surface area contributed by atoms with E-state index in [4.69, 9.17) is 0 Å². The van der Waals surface area contributed by atoms with Crippen molar-refractivity contribution in [3.05, 3.63) is 24.6 Å². The molecule has 0 unspecified atom stereocenters. The number of aliphatic imine (C=N–C) groups is 1. The highest BCUT2D eigenvalue weighted by atomic mass is 16.1. The van der Waals surface area contributed by atoms with Crippen molar-refractivity contribution in [1.82, 2.24) is 4.90 Å². The molecule has 0 saturated heterocycles. The predicted octanol–water partition coefficient (Wildman–Crippen LogP) is 2.02. The molecule has 3 nitrogen and oxygen atoms in total. The molecule has 0 heterocycles. The van der Waals surface area contributed by atoms with Gasteiger partial charge >= 0.3 is 0 Å². The fourth-order valence-corrected chi connectivity index (χ4v) is 1.04. The van der Waals surface area contributed by atoms with Gasteiger partial charge in [-0.25, -0.2) is 0 Å². The van der Waals surface area contributed by atoms with Crippen LogP contribution in [0.15, 0.2) is 29.5 Å². The third-order valence-electron chi connectivity index (χ3n) is 1.89. The summed E-state index contributed by atoms with van der Waals surface area (Å²) in [7, 11) is 0. The van der Waals surface area contributed by atoms with Crippen molar-refractivity contribution in [2.24, 2.45) is 4.99 Å². The van der Waals surface area contributed by atoms with E-state index >= 15 is 0 Å². The minimum absolute atomic E-state index is 0.196. The number of allylic oxidation sites excluding steroid dienone is 1. The Hall–Kier alpha value is -1.38. The zero-order valence-electron chi connectivity index (χ0n) is 8.99. The normalized spacial score (nSPS) is 10.1. The SMILES string of the molecule is C=N/C=C\C(=C)N(CC)CCC(C)=O. The largest absolute Gasteiger partial charge is 0.372 e. The molecular weight excluding hydrogens is 176 g/mol. The third kappa shape index (κ3) is 5.30. The molecule has 0 spiro atoms. The lowest BCUT2D eigenvalue weighted by atomic mass is 10.2. The van der Waals surface area contributed by atoms with E-state index in [0.29, 0.717) is 13.0 Å². The highest BCUT2D eigenvalue weighted by Gasteiger charge is 2.03. The van der Waals surface area contributed by atoms with Crippen molar-refractivity contribution in [2.75, 3.05) is 13.1 Å². The standard InChI is InChI=1S/C11H18N2O/c1-5-13(9-7-11(3)14)10(2)6-8-12-4/h6,8H,2,4-5,7,9H2,1,3H3/b8-6-. The molecule has 0 amide bonds. The summed E-state index contributed by atoms with van der Waals surface area (Å²) in [6.07, 6.45) is 3.94. The Morgan fingerprint density at radius 2 is 2.21 bits per heavy atom. The minimum Gasteiger partial charge on any atom is -0.372 e. The van der Waals surface area contributed by atoms with E-state index in [1.807, 2.05) is 11.8 Å². The van der Waals surface area contributed by atoms with Crippen LogP contribution in [0.25, 0.3) is 0 Å². The molecule has 0 aliphatic carbocycles. The van der Waals surface area contributed by atoms with Gasteiger partial charge in [0.15, 0.2) is 0 Å². The maximum Gasteiger partial charge on any atom is 0.131 e. The molecule has 0 saturated carbocycles. The first-order chi connectivity index (χ1) is 6.61. The highest BCUT2D eigenvalue weighted by Crippen LogP contribution is 2.04. The van der Waals surface area contributed by atoms with Crippen molar-refractivity contribution in [3.63, 3.8) is 0 Å². The quantitative estimate of drug-likeness (QED) is 0.459. The molecule has 0 N–H and O–H groups in total. The molecule has 0 atom stereocenters. The summed E-state index contributed by atoms with van der Waals surface area (Å²) in [5, 5.41) is 0. The maximum atomic E-state index is 10.8. The number of carbonyl (C=O) groups excluding carboxylic acids is 1. The Morgan fingerprint density at radius 3 is 2.64 bits per heavy atom. The number of hydrogen-bond acceptors (Lipinski definition) is 3. The molecule has 0 radical (unpaired) electrons. The molecule has 14 heavy (non-hydrogen) atoms. The summed E-state index contributed by atoms with van der Waals surface area (Å²) in [5.74, 6) is 0.196. The fourth-order valence-electron chi connectivity index (χ4n) is 1.04. The van der Waals surface area contributed by atoms with E-state index in [-0.39, 0.29) is 5.78 Å². The Labute approximate surface area is 85.8 Å². The van der Waals surface area contributed by atoms with Crippen LogP contribution in [-0.4, -0.2) is 30.5 Å². The van der Waals surface area contributed by atoms with Gasteiger partial charge in [-0.15, -0.1) is 0 Å². The zero-order valence-corrected chi connectivity index (χ0v) is 8.99. The van der Waals surface area contributed by atoms with Crippen molar-refractivity contribution in [2.45, 2.75) is 20.3 Å². The number of carbonyl (C=O) groups is 1. The van der Waals surface area contributed by atoms with Crippen LogP contribution in [-0.2, 0) is 4.79 Å². The summed E-state index contributed by atoms with van der Waals surface area (Å²) in [4.78, 5) is 16.4. The Morgan fingerprint density at radius 1 is 1.57 bits per heavy atom. The van der Waals surface area contributed by atoms with Crippen LogP contribution >= 0.6 is 0 Å². The van der Waals surface area contributed by atoms with E-state index < -0.39 is 0 Å². The number of hydrogen-bond donors (Lipinski definition) is 0. The highest BCUT2D eigenvalue weighted by molar-refractivity contribution is 5.75. The molecule has 0 aliphatic heterocycles. The summed E-state index contributed by atoms with van der Waals surface area (Å²) in [6.45, 7) is 12.4. The second kappa shape index (κ2) is 7.06. The zero-order chi connectivity index (χ0) is 11.0. The molecule has 3 heteroatoms. The minimum atomic E-state index is 0.196. The molecule has 0 fully saturated rings. The molecule has 0 aromatic heterocycles. The summed E-state index contributed by atoms with van der Waals surface area (Å²) < 4.78 is 0. The lowest BCUT2D eigenvalue weighted by Gasteiger charge is -2.22. The van der Waals surface area contributed by atoms with Crippen molar-refractivity contribution < 1.29 is 4.79 Å². The smallest absolute Gasteiger partial charge is 0.131 e. The molecule has 0 bridgehead atoms. The van der Waals surface area contributed by atoms with Crippen LogP contribution in [0, 0.1) is 0 Å². The van der Waals surface area contributed by atoms with Gasteiger partial charge in [0.2, 0.25) is 0 Å². The summed E-state index contributed by atoms with van der Waals surface area (Å²) in [5.41, 5.74) is 0.862. The van der Waals surface area contributed by atoms with Crippen molar-refractivity contribution in [3.8, 4) is 0 Å². The average molecular weight is 194 g/mol. The first-order valence-electron chi connectivity index (χ1n) is 4.67. The van der Waals surface area contributed by atoms with Gasteiger partial charge in [-0.3, -0.25) is 9.79 Å². The van der Waals surface area contributed by atoms with Crippen LogP contribution in [0.2, 0.25) is 0 Å². The van der Waals surface area contributed by atoms with E-state index in [2.05, 4.69) is 18.3 Å². The van der Waals surface area contributed by atoms with Crippen LogP contribution in [0.5, 0.6) is 0 Å². The van der Waals surface area contributed by atoms with Gasteiger partial charge in [-0.05, 0) is 26.6 Å². The monoisotopic (exact) mass is 194 g/mol. The molecular formula is C11H18N2O. The first-order valence-corrected chi connectivity index (χ1v) is 4.67. The van der Waals surface area contributed by atoms with E-state index in [1.54, 1.807) is 19.2 Å². The lowest BCUT2D eigenvalue weighted by molar-refractivity contribution is -0.117. The molecule has 0 aromatic rings. The second-order valence-corrected chi connectivity index (χ2v) is 3.02. The van der Waals surface area contributed by atoms with E-state index in [1.165, 1.54) is 0 Å². The van der Waals surface area contributed by atoms with Gasteiger partial charge in [0, 0.05) is 31.4 Å². The maximum absolute atomic E-state index is 10.8. The number of rotatable bonds is 7. The van der Waals surface area contributed by atoms with Crippen molar-refractivity contribution in [1.29, 1.82) is 0 Å². The van der Waals surface area contributed by atoms with Crippen molar-refractivity contribution >= 4 is 12.5 Å². The van der Waals surface area contributed by atoms with Gasteiger partial charge in [0.05, 0.1) is 0 Å². The van der Waals surface area contributed by atoms with Gasteiger partial charge < -0.3 is 4.90 Å². The lowest BCUT2D eigenvalue weighted by Crippen LogP contribution is -2.23. The summed E-state index contributed by atoms with van der Waals surface area (Å²) in [6, 6.07) is 0. The van der Waals surface area contributed by atoms with Crippen LogP contribution in [0.4, 0.5) is 0 Å². The van der Waals surface area contributed by atoms with Gasteiger partial charge in [-0.2, -0.15) is 0 Å². The summed E-state index contributed by atoms with van der Waals surface area (Å²) >= 11 is 0. The Kier molecular flexibility index (Phi) is 6.37. The first kappa shape index (κ1) is 12.6. The molecule has 0 aromatic carbocycles. The number of Topliss-reactive ketones (excluding diaryl/α,β-unsaturated/α-hetero) is 1. The van der Waals surface area contributed by atoms with Gasteiger partial charge in [-0.1, -0.05) is 6.58 Å². The van der Waals surface area contributed by atoms with E-state index in [9.17, 15) is 4.79 Å².